The van der Waals surface area contributed by atoms with Crippen LogP contribution in [0, 0.1) is 0 Å². The van der Waals surface area contributed by atoms with E-state index in [-0.39, 0.29) is 24.7 Å². The summed E-state index contributed by atoms with van der Waals surface area (Å²) in [4.78, 5) is 15.4. The average Bonchev–Trinajstić information content (AvgIpc) is 3.00. The van der Waals surface area contributed by atoms with Gasteiger partial charge in [0.2, 0.25) is 11.7 Å². The quantitative estimate of drug-likeness (QED) is 0.809. The number of carbonyl (C=O) groups is 1. The van der Waals surface area contributed by atoms with E-state index in [1.807, 2.05) is 44.2 Å². The Morgan fingerprint density at radius 3 is 2.88 bits per heavy atom. The van der Waals surface area contributed by atoms with Crippen LogP contribution >= 0.6 is 0 Å². The van der Waals surface area contributed by atoms with Gasteiger partial charge in [-0.2, -0.15) is 4.80 Å². The zero-order chi connectivity index (χ0) is 17.0. The molecular formula is C16H21N5O3. The second kappa shape index (κ2) is 6.96. The number of amides is 1. The number of hydrogen-bond donors (Lipinski definition) is 0. The Morgan fingerprint density at radius 1 is 1.33 bits per heavy atom. The summed E-state index contributed by atoms with van der Waals surface area (Å²) in [5.41, 5.74) is -0.321. The fraction of sp³-hybridized carbons (Fsp3) is 0.500. The number of aromatic nitrogens is 4. The van der Waals surface area contributed by atoms with Crippen LogP contribution in [0.25, 0.3) is 0 Å². The van der Waals surface area contributed by atoms with Crippen molar-refractivity contribution >= 4 is 5.91 Å². The number of hydrogen-bond acceptors (Lipinski definition) is 6. The summed E-state index contributed by atoms with van der Waals surface area (Å²) in [6, 6.07) is 9.41. The molecule has 0 aliphatic carbocycles. The molecule has 2 aromatic rings. The summed E-state index contributed by atoms with van der Waals surface area (Å²) in [7, 11) is 0. The van der Waals surface area contributed by atoms with Crippen LogP contribution in [0.5, 0.6) is 5.75 Å². The van der Waals surface area contributed by atoms with Gasteiger partial charge in [0.25, 0.3) is 0 Å². The lowest BCUT2D eigenvalue weighted by Gasteiger charge is -2.38. The smallest absolute Gasteiger partial charge is 0.246 e. The Labute approximate surface area is 140 Å². The molecule has 1 fully saturated rings. The van der Waals surface area contributed by atoms with E-state index >= 15 is 0 Å². The normalized spacial score (nSPS) is 16.8. The van der Waals surface area contributed by atoms with Crippen molar-refractivity contribution in [2.45, 2.75) is 32.6 Å². The molecule has 1 amide bonds. The van der Waals surface area contributed by atoms with Crippen molar-refractivity contribution in [3.05, 3.63) is 36.2 Å². The molecule has 1 aliphatic rings. The highest BCUT2D eigenvalue weighted by Crippen LogP contribution is 2.16. The highest BCUT2D eigenvalue weighted by atomic mass is 16.5. The first kappa shape index (κ1) is 16.4. The maximum atomic E-state index is 12.4. The Kier molecular flexibility index (Phi) is 4.75. The molecule has 2 heterocycles. The summed E-state index contributed by atoms with van der Waals surface area (Å²) in [5.74, 6) is 1.13. The SMILES string of the molecule is CC1(C)CN(C(=O)Cn2nnc(COc3ccccc3)n2)CCO1. The maximum absolute atomic E-state index is 12.4. The molecule has 1 aliphatic heterocycles. The van der Waals surface area contributed by atoms with Gasteiger partial charge in [-0.15, -0.1) is 10.2 Å². The first-order chi connectivity index (χ1) is 11.5. The van der Waals surface area contributed by atoms with Crippen LogP contribution in [-0.2, 0) is 22.7 Å². The lowest BCUT2D eigenvalue weighted by atomic mass is 10.1. The van der Waals surface area contributed by atoms with E-state index in [1.165, 1.54) is 4.80 Å². The monoisotopic (exact) mass is 331 g/mol. The van der Waals surface area contributed by atoms with Gasteiger partial charge in [0.15, 0.2) is 6.61 Å². The Hall–Kier alpha value is -2.48. The minimum atomic E-state index is -0.321. The van der Waals surface area contributed by atoms with Crippen molar-refractivity contribution in [1.29, 1.82) is 0 Å². The van der Waals surface area contributed by atoms with Crippen molar-refractivity contribution in [3.63, 3.8) is 0 Å². The van der Waals surface area contributed by atoms with Gasteiger partial charge in [-0.05, 0) is 31.2 Å². The third-order valence-corrected chi connectivity index (χ3v) is 3.66. The van der Waals surface area contributed by atoms with Crippen LogP contribution in [0.4, 0.5) is 0 Å². The lowest BCUT2D eigenvalue weighted by Crippen LogP contribution is -2.51. The van der Waals surface area contributed by atoms with Crippen molar-refractivity contribution in [3.8, 4) is 5.75 Å². The Morgan fingerprint density at radius 2 is 2.12 bits per heavy atom. The van der Waals surface area contributed by atoms with E-state index in [0.717, 1.165) is 5.75 Å². The summed E-state index contributed by atoms with van der Waals surface area (Å²) < 4.78 is 11.2. The first-order valence-corrected chi connectivity index (χ1v) is 7.88. The van der Waals surface area contributed by atoms with Crippen molar-refractivity contribution in [2.24, 2.45) is 0 Å². The summed E-state index contributed by atoms with van der Waals surface area (Å²) in [6.45, 7) is 5.90. The highest BCUT2D eigenvalue weighted by molar-refractivity contribution is 5.76. The van der Waals surface area contributed by atoms with Crippen LogP contribution in [0.1, 0.15) is 19.7 Å². The summed E-state index contributed by atoms with van der Waals surface area (Å²) >= 11 is 0. The van der Waals surface area contributed by atoms with Crippen LogP contribution < -0.4 is 4.74 Å². The number of benzene rings is 1. The molecule has 1 aromatic carbocycles. The summed E-state index contributed by atoms with van der Waals surface area (Å²) in [6.07, 6.45) is 0. The molecule has 128 valence electrons. The topological polar surface area (TPSA) is 82.4 Å². The highest BCUT2D eigenvalue weighted by Gasteiger charge is 2.30. The van der Waals surface area contributed by atoms with Gasteiger partial charge in [-0.25, -0.2) is 0 Å². The van der Waals surface area contributed by atoms with E-state index in [9.17, 15) is 4.79 Å². The second-order valence-electron chi connectivity index (χ2n) is 6.26. The van der Waals surface area contributed by atoms with Gasteiger partial charge in [-0.1, -0.05) is 18.2 Å². The third-order valence-electron chi connectivity index (χ3n) is 3.66. The van der Waals surface area contributed by atoms with Gasteiger partial charge in [0, 0.05) is 13.1 Å². The molecule has 3 rings (SSSR count). The van der Waals surface area contributed by atoms with Crippen molar-refractivity contribution in [2.75, 3.05) is 19.7 Å². The predicted molar refractivity (Wildman–Crippen MR) is 85.2 cm³/mol. The van der Waals surface area contributed by atoms with Crippen LogP contribution in [0.15, 0.2) is 30.3 Å². The molecular weight excluding hydrogens is 310 g/mol. The molecule has 0 bridgehead atoms. The molecule has 8 nitrogen and oxygen atoms in total. The van der Waals surface area contributed by atoms with Crippen molar-refractivity contribution in [1.82, 2.24) is 25.1 Å². The minimum absolute atomic E-state index is 0.0423. The molecule has 8 heteroatoms. The van der Waals surface area contributed by atoms with Gasteiger partial charge in [-0.3, -0.25) is 4.79 Å². The molecule has 0 unspecified atom stereocenters. The molecule has 0 radical (unpaired) electrons. The third kappa shape index (κ3) is 4.29. The number of carbonyl (C=O) groups excluding carboxylic acids is 1. The first-order valence-electron chi connectivity index (χ1n) is 7.88. The van der Waals surface area contributed by atoms with Gasteiger partial charge in [0.05, 0.1) is 12.2 Å². The fourth-order valence-corrected chi connectivity index (χ4v) is 2.52. The largest absolute Gasteiger partial charge is 0.485 e. The number of tetrazole rings is 1. The van der Waals surface area contributed by atoms with Gasteiger partial charge >= 0.3 is 0 Å². The molecule has 24 heavy (non-hydrogen) atoms. The van der Waals surface area contributed by atoms with Crippen LogP contribution in [-0.4, -0.2) is 56.3 Å². The van der Waals surface area contributed by atoms with E-state index in [0.29, 0.717) is 25.5 Å². The molecule has 0 atom stereocenters. The number of para-hydroxylation sites is 1. The van der Waals surface area contributed by atoms with Gasteiger partial charge < -0.3 is 14.4 Å². The zero-order valence-corrected chi connectivity index (χ0v) is 13.9. The molecule has 0 spiro atoms. The molecule has 0 N–H and O–H groups in total. The van der Waals surface area contributed by atoms with Crippen LogP contribution in [0.2, 0.25) is 0 Å². The lowest BCUT2D eigenvalue weighted by molar-refractivity contribution is -0.147. The standard InChI is InChI=1S/C16H21N5O3/c1-16(2)12-20(8-9-24-16)15(22)10-21-18-14(17-19-21)11-23-13-6-4-3-5-7-13/h3-7H,8-12H2,1-2H3. The Bertz CT molecular complexity index is 686. The van der Waals surface area contributed by atoms with E-state index in [1.54, 1.807) is 4.90 Å². The fourth-order valence-electron chi connectivity index (χ4n) is 2.52. The molecule has 0 saturated carbocycles. The number of morpholine rings is 1. The molecule has 1 aromatic heterocycles. The minimum Gasteiger partial charge on any atom is -0.485 e. The van der Waals surface area contributed by atoms with E-state index < -0.39 is 0 Å². The number of ether oxygens (including phenoxy) is 2. The van der Waals surface area contributed by atoms with Crippen LogP contribution in [0.3, 0.4) is 0 Å². The number of rotatable bonds is 5. The van der Waals surface area contributed by atoms with Crippen molar-refractivity contribution < 1.29 is 14.3 Å². The number of nitrogens with zero attached hydrogens (tertiary/aromatic N) is 5. The van der Waals surface area contributed by atoms with Gasteiger partial charge in [0.1, 0.15) is 12.3 Å². The average molecular weight is 331 g/mol. The second-order valence-corrected chi connectivity index (χ2v) is 6.26. The predicted octanol–water partition coefficient (Wildman–Crippen LogP) is 0.889. The van der Waals surface area contributed by atoms with E-state index in [2.05, 4.69) is 15.4 Å². The maximum Gasteiger partial charge on any atom is 0.246 e. The zero-order valence-electron chi connectivity index (χ0n) is 13.9. The van der Waals surface area contributed by atoms with E-state index in [4.69, 9.17) is 9.47 Å². The summed E-state index contributed by atoms with van der Waals surface area (Å²) in [5, 5.41) is 12.0. The Balaban J connectivity index is 1.53. The molecule has 1 saturated heterocycles.